The maximum Gasteiger partial charge on any atom is 0.231 e. The molecule has 1 aliphatic carbocycles. The van der Waals surface area contributed by atoms with E-state index < -0.39 is 0 Å². The molecule has 2 atom stereocenters. The summed E-state index contributed by atoms with van der Waals surface area (Å²) in [7, 11) is 1.96. The molecule has 3 rings (SSSR count). The lowest BCUT2D eigenvalue weighted by Gasteiger charge is -2.14. The summed E-state index contributed by atoms with van der Waals surface area (Å²) in [6, 6.07) is 5.09. The van der Waals surface area contributed by atoms with Crippen LogP contribution in [-0.4, -0.2) is 23.2 Å². The predicted molar refractivity (Wildman–Crippen MR) is 76.8 cm³/mol. The molecule has 2 aromatic rings. The van der Waals surface area contributed by atoms with Crippen LogP contribution in [0.4, 0.5) is 4.39 Å². The van der Waals surface area contributed by atoms with Gasteiger partial charge in [0.2, 0.25) is 11.7 Å². The highest BCUT2D eigenvalue weighted by Gasteiger charge is 2.31. The Balaban J connectivity index is 1.88. The highest BCUT2D eigenvalue weighted by molar-refractivity contribution is 9.10. The number of halogens is 2. The Kier molecular flexibility index (Phi) is 3.85. The van der Waals surface area contributed by atoms with E-state index in [2.05, 4.69) is 31.4 Å². The molecule has 0 amide bonds. The first-order valence-corrected chi connectivity index (χ1v) is 7.44. The van der Waals surface area contributed by atoms with Crippen molar-refractivity contribution >= 4 is 15.9 Å². The smallest absolute Gasteiger partial charge is 0.231 e. The van der Waals surface area contributed by atoms with Gasteiger partial charge in [-0.3, -0.25) is 0 Å². The lowest BCUT2D eigenvalue weighted by Crippen LogP contribution is -2.27. The van der Waals surface area contributed by atoms with Crippen molar-refractivity contribution in [2.75, 3.05) is 7.05 Å². The van der Waals surface area contributed by atoms with Crippen LogP contribution in [0, 0.1) is 5.82 Å². The zero-order valence-electron chi connectivity index (χ0n) is 11.1. The zero-order chi connectivity index (χ0) is 14.1. The Morgan fingerprint density at radius 1 is 1.40 bits per heavy atom. The molecule has 106 valence electrons. The van der Waals surface area contributed by atoms with Crippen LogP contribution in [0.1, 0.15) is 31.1 Å². The molecular weight excluding hydrogens is 325 g/mol. The third-order valence-electron chi connectivity index (χ3n) is 3.82. The van der Waals surface area contributed by atoms with Crippen molar-refractivity contribution < 1.29 is 8.91 Å². The van der Waals surface area contributed by atoms with Crippen LogP contribution in [-0.2, 0) is 0 Å². The number of nitrogens with one attached hydrogen (secondary N) is 1. The molecule has 0 saturated heterocycles. The summed E-state index contributed by atoms with van der Waals surface area (Å²) in [5, 5.41) is 7.31. The number of nitrogens with zero attached hydrogens (tertiary/aromatic N) is 2. The minimum Gasteiger partial charge on any atom is -0.339 e. The van der Waals surface area contributed by atoms with Crippen LogP contribution >= 0.6 is 15.9 Å². The van der Waals surface area contributed by atoms with Crippen LogP contribution in [0.15, 0.2) is 27.2 Å². The van der Waals surface area contributed by atoms with Gasteiger partial charge in [-0.2, -0.15) is 4.98 Å². The molecular formula is C14H15BrFN3O. The number of likely N-dealkylation sites (N-methyl/N-ethyl adjacent to an activating group) is 1. The van der Waals surface area contributed by atoms with E-state index in [0.717, 1.165) is 24.8 Å². The fraction of sp³-hybridized carbons (Fsp3) is 0.429. The minimum atomic E-state index is -0.302. The molecule has 1 fully saturated rings. The molecule has 1 aromatic carbocycles. The van der Waals surface area contributed by atoms with E-state index in [9.17, 15) is 4.39 Å². The number of benzene rings is 1. The van der Waals surface area contributed by atoms with Crippen molar-refractivity contribution in [3.63, 3.8) is 0 Å². The highest BCUT2D eigenvalue weighted by Crippen LogP contribution is 2.34. The molecule has 1 saturated carbocycles. The molecule has 0 bridgehead atoms. The summed E-state index contributed by atoms with van der Waals surface area (Å²) in [5.74, 6) is 1.13. The molecule has 0 radical (unpaired) electrons. The Hall–Kier alpha value is -1.27. The van der Waals surface area contributed by atoms with Crippen LogP contribution in [0.3, 0.4) is 0 Å². The van der Waals surface area contributed by atoms with Gasteiger partial charge in [0.15, 0.2) is 0 Å². The first-order valence-electron chi connectivity index (χ1n) is 6.65. The van der Waals surface area contributed by atoms with E-state index >= 15 is 0 Å². The molecule has 1 N–H and O–H groups in total. The third-order valence-corrected chi connectivity index (χ3v) is 4.43. The second kappa shape index (κ2) is 5.61. The summed E-state index contributed by atoms with van der Waals surface area (Å²) >= 11 is 3.17. The van der Waals surface area contributed by atoms with Gasteiger partial charge in [0.1, 0.15) is 5.82 Å². The van der Waals surface area contributed by atoms with Crippen LogP contribution < -0.4 is 5.32 Å². The van der Waals surface area contributed by atoms with Gasteiger partial charge in [-0.05, 0) is 54.0 Å². The largest absolute Gasteiger partial charge is 0.339 e. The van der Waals surface area contributed by atoms with Crippen LogP contribution in [0.25, 0.3) is 11.4 Å². The quantitative estimate of drug-likeness (QED) is 0.929. The molecule has 1 aliphatic rings. The standard InChI is InChI=1S/C14H15BrFN3O/c1-17-12-4-2-3-9(12)14-18-13(19-20-14)8-5-6-11(16)10(15)7-8/h5-7,9,12,17H,2-4H2,1H3. The summed E-state index contributed by atoms with van der Waals surface area (Å²) in [6.07, 6.45) is 3.34. The first kappa shape index (κ1) is 13.7. The molecule has 4 nitrogen and oxygen atoms in total. The Morgan fingerprint density at radius 2 is 2.25 bits per heavy atom. The molecule has 1 aromatic heterocycles. The van der Waals surface area contributed by atoms with Crippen molar-refractivity contribution in [3.05, 3.63) is 34.4 Å². The molecule has 2 unspecified atom stereocenters. The monoisotopic (exact) mass is 339 g/mol. The van der Waals surface area contributed by atoms with Gasteiger partial charge < -0.3 is 9.84 Å². The SMILES string of the molecule is CNC1CCCC1c1nc(-c2ccc(F)c(Br)c2)no1. The minimum absolute atomic E-state index is 0.269. The van der Waals surface area contributed by atoms with Gasteiger partial charge in [0.05, 0.1) is 10.4 Å². The fourth-order valence-corrected chi connectivity index (χ4v) is 3.12. The average Bonchev–Trinajstić information content (AvgIpc) is 3.09. The highest BCUT2D eigenvalue weighted by atomic mass is 79.9. The van der Waals surface area contributed by atoms with Crippen LogP contribution in [0.5, 0.6) is 0 Å². The lowest BCUT2D eigenvalue weighted by molar-refractivity contribution is 0.335. The fourth-order valence-electron chi connectivity index (χ4n) is 2.74. The normalized spacial score (nSPS) is 22.4. The number of rotatable bonds is 3. The van der Waals surface area contributed by atoms with Crippen molar-refractivity contribution in [2.24, 2.45) is 0 Å². The second-order valence-electron chi connectivity index (χ2n) is 5.02. The van der Waals surface area contributed by atoms with E-state index in [0.29, 0.717) is 22.2 Å². The number of hydrogen-bond acceptors (Lipinski definition) is 4. The van der Waals surface area contributed by atoms with E-state index in [1.54, 1.807) is 12.1 Å². The maximum atomic E-state index is 13.2. The molecule has 0 spiro atoms. The third kappa shape index (κ3) is 2.50. The molecule has 20 heavy (non-hydrogen) atoms. The summed E-state index contributed by atoms with van der Waals surface area (Å²) in [5.41, 5.74) is 0.743. The van der Waals surface area contributed by atoms with E-state index in [-0.39, 0.29) is 11.7 Å². The summed E-state index contributed by atoms with van der Waals surface area (Å²) < 4.78 is 19.0. The Bertz CT molecular complexity index is 616. The topological polar surface area (TPSA) is 51.0 Å². The Morgan fingerprint density at radius 3 is 3.00 bits per heavy atom. The summed E-state index contributed by atoms with van der Waals surface area (Å²) in [4.78, 5) is 4.47. The molecule has 1 heterocycles. The maximum absolute atomic E-state index is 13.2. The zero-order valence-corrected chi connectivity index (χ0v) is 12.7. The van der Waals surface area contributed by atoms with Crippen molar-refractivity contribution in [3.8, 4) is 11.4 Å². The van der Waals surface area contributed by atoms with Crippen molar-refractivity contribution in [2.45, 2.75) is 31.2 Å². The van der Waals surface area contributed by atoms with E-state index in [1.807, 2.05) is 7.05 Å². The number of hydrogen-bond donors (Lipinski definition) is 1. The van der Waals surface area contributed by atoms with Gasteiger partial charge in [-0.25, -0.2) is 4.39 Å². The van der Waals surface area contributed by atoms with Gasteiger partial charge in [-0.1, -0.05) is 11.6 Å². The van der Waals surface area contributed by atoms with E-state index in [4.69, 9.17) is 4.52 Å². The van der Waals surface area contributed by atoms with Crippen molar-refractivity contribution in [1.82, 2.24) is 15.5 Å². The Labute approximate surface area is 124 Å². The van der Waals surface area contributed by atoms with Gasteiger partial charge >= 0.3 is 0 Å². The van der Waals surface area contributed by atoms with Gasteiger partial charge in [0.25, 0.3) is 0 Å². The van der Waals surface area contributed by atoms with Gasteiger partial charge in [-0.15, -0.1) is 0 Å². The predicted octanol–water partition coefficient (Wildman–Crippen LogP) is 3.49. The first-order chi connectivity index (χ1) is 9.69. The summed E-state index contributed by atoms with van der Waals surface area (Å²) in [6.45, 7) is 0. The lowest BCUT2D eigenvalue weighted by atomic mass is 10.0. The second-order valence-corrected chi connectivity index (χ2v) is 5.87. The van der Waals surface area contributed by atoms with E-state index in [1.165, 1.54) is 6.07 Å². The molecule has 6 heteroatoms. The van der Waals surface area contributed by atoms with Crippen molar-refractivity contribution in [1.29, 1.82) is 0 Å². The van der Waals surface area contributed by atoms with Crippen LogP contribution in [0.2, 0.25) is 0 Å². The number of aromatic nitrogens is 2. The van der Waals surface area contributed by atoms with Gasteiger partial charge in [0, 0.05) is 11.6 Å². The average molecular weight is 340 g/mol. The molecule has 0 aliphatic heterocycles.